The molecule has 3 rings (SSSR count). The molecule has 0 aliphatic rings. The van der Waals surface area contributed by atoms with Gasteiger partial charge in [0, 0.05) is 21.8 Å². The average molecular weight is 479 g/mol. The van der Waals surface area contributed by atoms with E-state index >= 15 is 0 Å². The van der Waals surface area contributed by atoms with Crippen molar-refractivity contribution in [3.05, 3.63) is 75.8 Å². The first-order valence-electron chi connectivity index (χ1n) is 8.90. The Morgan fingerprint density at radius 3 is 2.56 bits per heavy atom. The number of hydrogen-bond acceptors (Lipinski definition) is 7. The second kappa shape index (κ2) is 9.47. The summed E-state index contributed by atoms with van der Waals surface area (Å²) in [5, 5.41) is 9.25. The summed E-state index contributed by atoms with van der Waals surface area (Å²) in [5.74, 6) is -0.950. The predicted octanol–water partition coefficient (Wildman–Crippen LogP) is 4.20. The van der Waals surface area contributed by atoms with Crippen LogP contribution < -0.4 is 9.62 Å². The third-order valence-electron chi connectivity index (χ3n) is 4.33. The molecule has 0 aliphatic heterocycles. The first kappa shape index (κ1) is 23.4. The highest BCUT2D eigenvalue weighted by atomic mass is 32.2. The minimum absolute atomic E-state index is 0.105. The van der Waals surface area contributed by atoms with Crippen molar-refractivity contribution in [1.29, 1.82) is 5.26 Å². The molecular formula is C20H14F3N4O3S2-. The number of carbonyl (C=O) groups excluding carboxylic acids is 1. The van der Waals surface area contributed by atoms with Gasteiger partial charge in [-0.2, -0.15) is 18.4 Å². The van der Waals surface area contributed by atoms with Crippen molar-refractivity contribution in [1.82, 2.24) is 9.71 Å². The molecule has 3 aromatic rings. The van der Waals surface area contributed by atoms with Crippen LogP contribution in [0.1, 0.15) is 32.1 Å². The van der Waals surface area contributed by atoms with E-state index in [1.807, 2.05) is 0 Å². The van der Waals surface area contributed by atoms with Gasteiger partial charge in [-0.05, 0) is 30.7 Å². The molecule has 1 unspecified atom stereocenters. The summed E-state index contributed by atoms with van der Waals surface area (Å²) in [6.07, 6.45) is -4.75. The maximum atomic E-state index is 13.5. The van der Waals surface area contributed by atoms with Crippen LogP contribution in [0, 0.1) is 18.3 Å². The number of aromatic nitrogens is 1. The second-order valence-electron chi connectivity index (χ2n) is 6.48. The zero-order chi connectivity index (χ0) is 23.5. The lowest BCUT2D eigenvalue weighted by Crippen LogP contribution is -2.26. The van der Waals surface area contributed by atoms with Gasteiger partial charge in [0.15, 0.2) is 5.13 Å². The van der Waals surface area contributed by atoms with Gasteiger partial charge in [-0.25, -0.2) is 4.98 Å². The lowest BCUT2D eigenvalue weighted by Gasteiger charge is -2.23. The minimum atomic E-state index is -4.75. The van der Waals surface area contributed by atoms with Gasteiger partial charge in [0.2, 0.25) is 0 Å². The highest BCUT2D eigenvalue weighted by molar-refractivity contribution is 7.77. The SMILES string of the molecule is Cc1sc(N(Cc2ccccc2)c2ccc(C#N)c(C(F)(F)F)c2)nc1C(=O)NS(=O)[O-]. The lowest BCUT2D eigenvalue weighted by atomic mass is 10.1. The van der Waals surface area contributed by atoms with E-state index in [0.717, 1.165) is 29.0 Å². The number of amides is 1. The van der Waals surface area contributed by atoms with E-state index in [1.165, 1.54) is 11.0 Å². The molecule has 1 N–H and O–H groups in total. The fourth-order valence-corrected chi connectivity index (χ4v) is 4.07. The van der Waals surface area contributed by atoms with Gasteiger partial charge in [-0.15, -0.1) is 11.3 Å². The summed E-state index contributed by atoms with van der Waals surface area (Å²) in [6, 6.07) is 13.7. The van der Waals surface area contributed by atoms with Crippen LogP contribution in [0.5, 0.6) is 0 Å². The number of aryl methyl sites for hydroxylation is 1. The van der Waals surface area contributed by atoms with E-state index in [4.69, 9.17) is 5.26 Å². The van der Waals surface area contributed by atoms with Crippen molar-refractivity contribution in [2.45, 2.75) is 19.6 Å². The zero-order valence-corrected chi connectivity index (χ0v) is 18.0. The molecule has 0 saturated carbocycles. The number of hydrogen-bond donors (Lipinski definition) is 1. The second-order valence-corrected chi connectivity index (χ2v) is 8.33. The summed E-state index contributed by atoms with van der Waals surface area (Å²) in [6.45, 7) is 1.66. The number of rotatable bonds is 6. The molecule has 1 aromatic heterocycles. The average Bonchev–Trinajstić information content (AvgIpc) is 3.12. The van der Waals surface area contributed by atoms with Crippen molar-refractivity contribution >= 4 is 39.3 Å². The maximum Gasteiger partial charge on any atom is 0.417 e. The van der Waals surface area contributed by atoms with E-state index in [-0.39, 0.29) is 23.1 Å². The van der Waals surface area contributed by atoms with Crippen LogP contribution in [-0.4, -0.2) is 19.7 Å². The smallest absolute Gasteiger partial charge is 0.417 e. The normalized spacial score (nSPS) is 12.1. The molecule has 32 heavy (non-hydrogen) atoms. The molecule has 0 bridgehead atoms. The Hall–Kier alpha value is -3.27. The fraction of sp³-hybridized carbons (Fsp3) is 0.150. The first-order chi connectivity index (χ1) is 15.1. The van der Waals surface area contributed by atoms with Crippen molar-refractivity contribution < 1.29 is 26.7 Å². The van der Waals surface area contributed by atoms with Crippen LogP contribution in [0.2, 0.25) is 0 Å². The molecule has 1 amide bonds. The molecule has 7 nitrogen and oxygen atoms in total. The van der Waals surface area contributed by atoms with E-state index in [1.54, 1.807) is 48.0 Å². The van der Waals surface area contributed by atoms with E-state index in [0.29, 0.717) is 4.88 Å². The van der Waals surface area contributed by atoms with Gasteiger partial charge in [0.05, 0.1) is 23.7 Å². The van der Waals surface area contributed by atoms with Gasteiger partial charge in [0.1, 0.15) is 5.69 Å². The highest BCUT2D eigenvalue weighted by Gasteiger charge is 2.34. The molecule has 0 aliphatic carbocycles. The summed E-state index contributed by atoms with van der Waals surface area (Å²) in [7, 11) is 0. The third-order valence-corrected chi connectivity index (χ3v) is 5.68. The topological polar surface area (TPSA) is 109 Å². The number of benzene rings is 2. The number of anilines is 2. The number of halogens is 3. The van der Waals surface area contributed by atoms with Crippen molar-refractivity contribution in [2.75, 3.05) is 4.90 Å². The fourth-order valence-electron chi connectivity index (χ4n) is 2.90. The molecule has 2 aromatic carbocycles. The van der Waals surface area contributed by atoms with E-state index < -0.39 is 34.5 Å². The number of nitrogens with zero attached hydrogens (tertiary/aromatic N) is 3. The van der Waals surface area contributed by atoms with Crippen LogP contribution in [0.4, 0.5) is 24.0 Å². The number of carbonyl (C=O) groups is 1. The Bertz CT molecular complexity index is 1210. The van der Waals surface area contributed by atoms with Gasteiger partial charge >= 0.3 is 6.18 Å². The monoisotopic (exact) mass is 479 g/mol. The zero-order valence-electron chi connectivity index (χ0n) is 16.3. The van der Waals surface area contributed by atoms with E-state index in [9.17, 15) is 26.7 Å². The summed E-state index contributed by atoms with van der Waals surface area (Å²) in [5.41, 5.74) is -0.909. The standard InChI is InChI=1S/C20H15F3N4O3S2/c1-12-17(18(28)26-32(29)30)25-19(31-12)27(11-13-5-3-2-4-6-13)15-8-7-14(10-24)16(9-15)20(21,22)23/h2-9H,11H2,1H3,(H,26,28)(H,29,30)/p-1. The van der Waals surface area contributed by atoms with Crippen molar-refractivity contribution in [3.63, 3.8) is 0 Å². The van der Waals surface area contributed by atoms with Crippen molar-refractivity contribution in [2.24, 2.45) is 0 Å². The minimum Gasteiger partial charge on any atom is -0.755 e. The maximum absolute atomic E-state index is 13.5. The molecule has 0 saturated heterocycles. The third kappa shape index (κ3) is 5.31. The Morgan fingerprint density at radius 1 is 1.28 bits per heavy atom. The number of alkyl halides is 3. The number of nitrogens with one attached hydrogen (secondary N) is 1. The largest absolute Gasteiger partial charge is 0.755 e. The van der Waals surface area contributed by atoms with Gasteiger partial charge in [-0.1, -0.05) is 30.3 Å². The first-order valence-corrected chi connectivity index (χ1v) is 10.8. The molecule has 166 valence electrons. The Labute approximate surface area is 187 Å². The Morgan fingerprint density at radius 2 is 1.97 bits per heavy atom. The molecule has 0 radical (unpaired) electrons. The summed E-state index contributed by atoms with van der Waals surface area (Å²) < 4.78 is 63.8. The Balaban J connectivity index is 2.12. The molecule has 0 fully saturated rings. The van der Waals surface area contributed by atoms with E-state index in [2.05, 4.69) is 4.98 Å². The number of thiazole rings is 1. The lowest BCUT2D eigenvalue weighted by molar-refractivity contribution is -0.137. The van der Waals surface area contributed by atoms with Crippen LogP contribution in [0.25, 0.3) is 0 Å². The van der Waals surface area contributed by atoms with Crippen LogP contribution >= 0.6 is 11.3 Å². The summed E-state index contributed by atoms with van der Waals surface area (Å²) >= 11 is -1.82. The van der Waals surface area contributed by atoms with Crippen LogP contribution in [0.3, 0.4) is 0 Å². The van der Waals surface area contributed by atoms with Crippen LogP contribution in [0.15, 0.2) is 48.5 Å². The number of nitriles is 1. The molecular weight excluding hydrogens is 465 g/mol. The van der Waals surface area contributed by atoms with Gasteiger partial charge < -0.3 is 9.45 Å². The summed E-state index contributed by atoms with van der Waals surface area (Å²) in [4.78, 5) is 18.1. The Kier molecular flexibility index (Phi) is 6.93. The molecule has 12 heteroatoms. The quantitative estimate of drug-likeness (QED) is 0.531. The highest BCUT2D eigenvalue weighted by Crippen LogP contribution is 2.38. The predicted molar refractivity (Wildman–Crippen MR) is 112 cm³/mol. The van der Waals surface area contributed by atoms with Gasteiger partial charge in [0.25, 0.3) is 5.91 Å². The van der Waals surface area contributed by atoms with Gasteiger partial charge in [-0.3, -0.25) is 13.7 Å². The van der Waals surface area contributed by atoms with Crippen molar-refractivity contribution in [3.8, 4) is 6.07 Å². The molecule has 1 atom stereocenters. The van der Waals surface area contributed by atoms with Crippen LogP contribution in [-0.2, 0) is 24.0 Å². The molecule has 1 heterocycles. The molecule has 0 spiro atoms.